The van der Waals surface area contributed by atoms with Gasteiger partial charge in [0.1, 0.15) is 11.9 Å². The number of carbonyl (C=O) groups is 1. The molecule has 0 heterocycles. The van der Waals surface area contributed by atoms with Crippen molar-refractivity contribution in [3.05, 3.63) is 66.0 Å². The Morgan fingerprint density at radius 2 is 1.74 bits per heavy atom. The van der Waals surface area contributed by atoms with E-state index in [4.69, 9.17) is 0 Å². The van der Waals surface area contributed by atoms with Crippen molar-refractivity contribution >= 4 is 21.6 Å². The van der Waals surface area contributed by atoms with Crippen LogP contribution in [0.1, 0.15) is 25.3 Å². The molecule has 1 atom stereocenters. The Bertz CT molecular complexity index is 857. The van der Waals surface area contributed by atoms with Crippen LogP contribution in [0.2, 0.25) is 0 Å². The van der Waals surface area contributed by atoms with Crippen molar-refractivity contribution < 1.29 is 17.6 Å². The van der Waals surface area contributed by atoms with Gasteiger partial charge >= 0.3 is 0 Å². The van der Waals surface area contributed by atoms with E-state index >= 15 is 0 Å². The predicted molar refractivity (Wildman–Crippen MR) is 106 cm³/mol. The number of benzene rings is 2. The number of halogens is 1. The number of nitrogens with one attached hydrogen (secondary N) is 1. The highest BCUT2D eigenvalue weighted by Crippen LogP contribution is 2.25. The van der Waals surface area contributed by atoms with Gasteiger partial charge in [-0.15, -0.1) is 0 Å². The summed E-state index contributed by atoms with van der Waals surface area (Å²) in [5, 5.41) is 2.78. The van der Waals surface area contributed by atoms with E-state index in [1.807, 2.05) is 30.3 Å². The van der Waals surface area contributed by atoms with E-state index in [0.717, 1.165) is 23.4 Å². The van der Waals surface area contributed by atoms with Gasteiger partial charge in [0.25, 0.3) is 0 Å². The molecule has 0 fully saturated rings. The van der Waals surface area contributed by atoms with Gasteiger partial charge in [0, 0.05) is 6.54 Å². The lowest BCUT2D eigenvalue weighted by Crippen LogP contribution is -2.49. The summed E-state index contributed by atoms with van der Waals surface area (Å²) in [6, 6.07) is 14.4. The van der Waals surface area contributed by atoms with E-state index < -0.39 is 27.8 Å². The molecule has 0 spiro atoms. The maximum absolute atomic E-state index is 14.2. The molecule has 1 N–H and O–H groups in total. The van der Waals surface area contributed by atoms with Crippen LogP contribution < -0.4 is 9.62 Å². The molecule has 0 saturated heterocycles. The molecule has 0 unspecified atom stereocenters. The highest BCUT2D eigenvalue weighted by Gasteiger charge is 2.32. The topological polar surface area (TPSA) is 66.5 Å². The number of hydrogen-bond donors (Lipinski definition) is 1. The number of hydrogen-bond acceptors (Lipinski definition) is 3. The summed E-state index contributed by atoms with van der Waals surface area (Å²) in [5.74, 6) is -1.11. The third kappa shape index (κ3) is 5.79. The number of rotatable bonds is 9. The van der Waals surface area contributed by atoms with Crippen LogP contribution in [0, 0.1) is 5.82 Å². The molecule has 0 aliphatic rings. The number of aryl methyl sites for hydroxylation is 1. The fraction of sp³-hybridized carbons (Fsp3) is 0.350. The van der Waals surface area contributed by atoms with E-state index in [0.29, 0.717) is 6.54 Å². The number of anilines is 1. The summed E-state index contributed by atoms with van der Waals surface area (Å²) in [6.07, 6.45) is 2.74. The first-order valence-electron chi connectivity index (χ1n) is 8.90. The molecular weight excluding hydrogens is 367 g/mol. The molecule has 5 nitrogen and oxygen atoms in total. The number of nitrogens with zero attached hydrogens (tertiary/aromatic N) is 1. The summed E-state index contributed by atoms with van der Waals surface area (Å²) in [4.78, 5) is 12.6. The quantitative estimate of drug-likeness (QED) is 0.667. The molecular formula is C20H25FN2O3S. The normalized spacial score (nSPS) is 12.4. The highest BCUT2D eigenvalue weighted by atomic mass is 32.2. The monoisotopic (exact) mass is 392 g/mol. The summed E-state index contributed by atoms with van der Waals surface area (Å²) >= 11 is 0. The molecule has 2 aromatic rings. The van der Waals surface area contributed by atoms with Crippen LogP contribution in [0.15, 0.2) is 54.6 Å². The molecule has 1 amide bonds. The smallest absolute Gasteiger partial charge is 0.243 e. The second kappa shape index (κ2) is 9.50. The fourth-order valence-electron chi connectivity index (χ4n) is 2.93. The van der Waals surface area contributed by atoms with Gasteiger partial charge < -0.3 is 5.32 Å². The van der Waals surface area contributed by atoms with E-state index in [2.05, 4.69) is 5.32 Å². The molecule has 7 heteroatoms. The molecule has 0 aliphatic carbocycles. The Kier molecular flexibility index (Phi) is 7.36. The summed E-state index contributed by atoms with van der Waals surface area (Å²) < 4.78 is 39.6. The van der Waals surface area contributed by atoms with Gasteiger partial charge in [-0.05, 0) is 37.0 Å². The second-order valence-electron chi connectivity index (χ2n) is 6.31. The Labute approximate surface area is 160 Å². The zero-order valence-electron chi connectivity index (χ0n) is 15.6. The van der Waals surface area contributed by atoms with Gasteiger partial charge in [-0.3, -0.25) is 9.10 Å². The third-order valence-corrected chi connectivity index (χ3v) is 5.37. The Hall–Kier alpha value is -2.41. The minimum Gasteiger partial charge on any atom is -0.354 e. The van der Waals surface area contributed by atoms with Crippen LogP contribution in [0.25, 0.3) is 0 Å². The molecule has 0 aliphatic heterocycles. The van der Waals surface area contributed by atoms with E-state index in [9.17, 15) is 17.6 Å². The average Bonchev–Trinajstić information content (AvgIpc) is 2.64. The minimum atomic E-state index is -3.84. The van der Waals surface area contributed by atoms with Crippen molar-refractivity contribution in [2.24, 2.45) is 0 Å². The van der Waals surface area contributed by atoms with Crippen molar-refractivity contribution in [3.63, 3.8) is 0 Å². The third-order valence-electron chi connectivity index (χ3n) is 4.20. The van der Waals surface area contributed by atoms with Crippen LogP contribution in [0.4, 0.5) is 10.1 Å². The van der Waals surface area contributed by atoms with Gasteiger partial charge in [-0.1, -0.05) is 49.4 Å². The van der Waals surface area contributed by atoms with E-state index in [1.54, 1.807) is 13.0 Å². The average molecular weight is 392 g/mol. The molecule has 146 valence electrons. The highest BCUT2D eigenvalue weighted by molar-refractivity contribution is 7.92. The van der Waals surface area contributed by atoms with Crippen molar-refractivity contribution in [1.82, 2.24) is 5.32 Å². The molecule has 2 aromatic carbocycles. The maximum atomic E-state index is 14.2. The van der Waals surface area contributed by atoms with Gasteiger partial charge in [0.15, 0.2) is 0 Å². The van der Waals surface area contributed by atoms with Crippen LogP contribution in [0.3, 0.4) is 0 Å². The summed E-state index contributed by atoms with van der Waals surface area (Å²) in [7, 11) is -3.84. The maximum Gasteiger partial charge on any atom is 0.243 e. The fourth-order valence-corrected chi connectivity index (χ4v) is 4.14. The Morgan fingerprint density at radius 3 is 2.33 bits per heavy atom. The van der Waals surface area contributed by atoms with Crippen LogP contribution >= 0.6 is 0 Å². The lowest BCUT2D eigenvalue weighted by atomic mass is 10.1. The first kappa shape index (κ1) is 20.9. The molecule has 0 radical (unpaired) electrons. The Morgan fingerprint density at radius 1 is 1.11 bits per heavy atom. The number of para-hydroxylation sites is 1. The molecule has 0 aromatic heterocycles. The molecule has 0 bridgehead atoms. The number of carbonyl (C=O) groups excluding carboxylic acids is 1. The molecule has 27 heavy (non-hydrogen) atoms. The molecule has 2 rings (SSSR count). The SMILES string of the molecule is CC[C@H](C(=O)NCCCc1ccccc1)N(c1ccccc1F)S(C)(=O)=O. The number of sulfonamides is 1. The first-order chi connectivity index (χ1) is 12.8. The van der Waals surface area contributed by atoms with Crippen molar-refractivity contribution in [3.8, 4) is 0 Å². The molecule has 0 saturated carbocycles. The van der Waals surface area contributed by atoms with Crippen molar-refractivity contribution in [2.75, 3.05) is 17.1 Å². The standard InChI is InChI=1S/C20H25FN2O3S/c1-3-18(20(24)22-15-9-12-16-10-5-4-6-11-16)23(27(2,25)26)19-14-8-7-13-17(19)21/h4-8,10-11,13-14,18H,3,9,12,15H2,1-2H3,(H,22,24)/t18-/m1/s1. The zero-order chi connectivity index (χ0) is 19.9. The zero-order valence-corrected chi connectivity index (χ0v) is 16.4. The number of amides is 1. The van der Waals surface area contributed by atoms with Gasteiger partial charge in [-0.25, -0.2) is 12.8 Å². The largest absolute Gasteiger partial charge is 0.354 e. The Balaban J connectivity index is 2.07. The van der Waals surface area contributed by atoms with E-state index in [-0.39, 0.29) is 12.1 Å². The lowest BCUT2D eigenvalue weighted by Gasteiger charge is -2.30. The van der Waals surface area contributed by atoms with Crippen molar-refractivity contribution in [1.29, 1.82) is 0 Å². The summed E-state index contributed by atoms with van der Waals surface area (Å²) in [5.41, 5.74) is 1.05. The van der Waals surface area contributed by atoms with Crippen LogP contribution in [0.5, 0.6) is 0 Å². The van der Waals surface area contributed by atoms with Gasteiger partial charge in [-0.2, -0.15) is 0 Å². The first-order valence-corrected chi connectivity index (χ1v) is 10.7. The van der Waals surface area contributed by atoms with Gasteiger partial charge in [0.05, 0.1) is 11.9 Å². The minimum absolute atomic E-state index is 0.119. The van der Waals surface area contributed by atoms with Gasteiger partial charge in [0.2, 0.25) is 15.9 Å². The van der Waals surface area contributed by atoms with Crippen LogP contribution in [-0.4, -0.2) is 33.2 Å². The second-order valence-corrected chi connectivity index (χ2v) is 8.17. The van der Waals surface area contributed by atoms with Crippen LogP contribution in [-0.2, 0) is 21.2 Å². The van der Waals surface area contributed by atoms with E-state index in [1.165, 1.54) is 23.8 Å². The lowest BCUT2D eigenvalue weighted by molar-refractivity contribution is -0.122. The van der Waals surface area contributed by atoms with Crippen molar-refractivity contribution in [2.45, 2.75) is 32.2 Å². The summed E-state index contributed by atoms with van der Waals surface area (Å²) in [6.45, 7) is 2.12. The predicted octanol–water partition coefficient (Wildman–Crippen LogP) is 3.12.